The summed E-state index contributed by atoms with van der Waals surface area (Å²) in [5.41, 5.74) is -1.16. The molecule has 3 aliphatic rings. The van der Waals surface area contributed by atoms with Gasteiger partial charge in [-0.2, -0.15) is 4.08 Å². The molecule has 25 heavy (non-hydrogen) atoms. The summed E-state index contributed by atoms with van der Waals surface area (Å²) in [6, 6.07) is 3.28. The fourth-order valence-electron chi connectivity index (χ4n) is 3.93. The largest absolute Gasteiger partial charge is 0.377 e. The number of nitrogens with zero attached hydrogens (tertiary/aromatic N) is 2. The zero-order valence-corrected chi connectivity index (χ0v) is 15.2. The Morgan fingerprint density at radius 1 is 1.28 bits per heavy atom. The molecule has 4 rings (SSSR count). The quantitative estimate of drug-likeness (QED) is 0.555. The van der Waals surface area contributed by atoms with Crippen molar-refractivity contribution in [1.82, 2.24) is 8.98 Å². The number of hydrogen-bond donors (Lipinski definition) is 0. The fraction of sp³-hybridized carbons (Fsp3) is 0.467. The number of ether oxygens (including phenoxy) is 1. The van der Waals surface area contributed by atoms with Crippen LogP contribution >= 0.6 is 8.73 Å². The number of carbonyl (C=O) groups is 2. The summed E-state index contributed by atoms with van der Waals surface area (Å²) in [5.74, 6) is -2.17. The first-order valence-corrected chi connectivity index (χ1v) is 10.8. The molecular weight excluding hydrogens is 370 g/mol. The van der Waals surface area contributed by atoms with Crippen molar-refractivity contribution in [1.29, 1.82) is 0 Å². The van der Waals surface area contributed by atoms with E-state index in [1.165, 1.54) is 16.2 Å². The Hall–Kier alpha value is -1.41. The van der Waals surface area contributed by atoms with Gasteiger partial charge in [0.05, 0.1) is 36.1 Å². The lowest BCUT2D eigenvalue weighted by Crippen LogP contribution is -2.74. The normalized spacial score (nSPS) is 27.9. The molecule has 10 heteroatoms. The van der Waals surface area contributed by atoms with Crippen LogP contribution in [-0.4, -0.2) is 66.4 Å². The first-order valence-electron chi connectivity index (χ1n) is 7.78. The molecule has 3 heterocycles. The predicted molar refractivity (Wildman–Crippen MR) is 88.7 cm³/mol. The van der Waals surface area contributed by atoms with Crippen molar-refractivity contribution in [3.63, 3.8) is 0 Å². The number of amides is 2. The number of halogens is 1. The van der Waals surface area contributed by atoms with Gasteiger partial charge in [0, 0.05) is 0 Å². The Kier molecular flexibility index (Phi) is 3.77. The van der Waals surface area contributed by atoms with Gasteiger partial charge >= 0.3 is 0 Å². The molecule has 7 nitrogen and oxygen atoms in total. The van der Waals surface area contributed by atoms with Gasteiger partial charge in [-0.1, -0.05) is 6.07 Å². The van der Waals surface area contributed by atoms with Crippen LogP contribution in [0.5, 0.6) is 0 Å². The van der Waals surface area contributed by atoms with E-state index >= 15 is 0 Å². The third kappa shape index (κ3) is 2.16. The molecule has 0 N–H and O–H groups in total. The number of carbonyl (C=O) groups excluding carboxylic acids is 2. The smallest absolute Gasteiger partial charge is 0.264 e. The Morgan fingerprint density at radius 3 is 2.56 bits per heavy atom. The molecule has 2 amide bonds. The van der Waals surface area contributed by atoms with Crippen LogP contribution in [-0.2, 0) is 14.8 Å². The van der Waals surface area contributed by atoms with Crippen molar-refractivity contribution in [3.8, 4) is 0 Å². The highest BCUT2D eigenvalue weighted by Crippen LogP contribution is 2.46. The van der Waals surface area contributed by atoms with Gasteiger partial charge in [-0.25, -0.2) is 12.8 Å². The zero-order chi connectivity index (χ0) is 18.0. The molecule has 0 bridgehead atoms. The molecule has 0 saturated carbocycles. The summed E-state index contributed by atoms with van der Waals surface area (Å²) in [7, 11) is -3.52. The Morgan fingerprint density at radius 2 is 2.00 bits per heavy atom. The first-order chi connectivity index (χ1) is 11.8. The van der Waals surface area contributed by atoms with Crippen molar-refractivity contribution in [2.24, 2.45) is 0 Å². The molecule has 2 fully saturated rings. The van der Waals surface area contributed by atoms with Gasteiger partial charge in [0.15, 0.2) is 0 Å². The molecule has 1 aromatic carbocycles. The minimum atomic E-state index is -3.47. The molecule has 2 saturated heterocycles. The van der Waals surface area contributed by atoms with Crippen LogP contribution < -0.4 is 0 Å². The lowest BCUT2D eigenvalue weighted by atomic mass is 9.85. The summed E-state index contributed by atoms with van der Waals surface area (Å²) in [5, 5.41) is 0. The van der Waals surface area contributed by atoms with Gasteiger partial charge in [-0.05, 0) is 33.9 Å². The third-order valence-electron chi connectivity index (χ3n) is 5.07. The highest BCUT2D eigenvalue weighted by molar-refractivity contribution is 7.92. The first kappa shape index (κ1) is 17.0. The minimum Gasteiger partial charge on any atom is -0.377 e. The molecule has 1 spiro atoms. The van der Waals surface area contributed by atoms with E-state index in [0.29, 0.717) is 0 Å². The lowest BCUT2D eigenvalue weighted by molar-refractivity contribution is -0.123. The standard InChI is InChI=1S/C15H16FN2O5PS/c1-24-18-15(7-23-8-15)11(5-6-25(18,21)22)17-13(19)9-3-2-4-10(16)12(9)14(17)20/h2-4,11,24H,5-8H2,1H3. The van der Waals surface area contributed by atoms with Crippen molar-refractivity contribution in [3.05, 3.63) is 35.1 Å². The van der Waals surface area contributed by atoms with E-state index in [1.54, 1.807) is 6.66 Å². The number of fused-ring (bicyclic) bond motifs is 1. The van der Waals surface area contributed by atoms with Gasteiger partial charge in [0.2, 0.25) is 10.0 Å². The molecular formula is C15H16FN2O5PS. The topological polar surface area (TPSA) is 84.0 Å². The number of imide groups is 1. The Balaban J connectivity index is 1.79. The van der Waals surface area contributed by atoms with Crippen molar-refractivity contribution < 1.29 is 27.1 Å². The van der Waals surface area contributed by atoms with Crippen molar-refractivity contribution in [2.75, 3.05) is 25.6 Å². The predicted octanol–water partition coefficient (Wildman–Crippen LogP) is 0.818. The van der Waals surface area contributed by atoms with E-state index in [-0.39, 0.29) is 45.2 Å². The van der Waals surface area contributed by atoms with E-state index < -0.39 is 39.2 Å². The Bertz CT molecular complexity index is 886. The Labute approximate surface area is 146 Å². The summed E-state index contributed by atoms with van der Waals surface area (Å²) < 4.78 is 45.6. The second-order valence-electron chi connectivity index (χ2n) is 6.35. The molecule has 2 unspecified atom stereocenters. The third-order valence-corrected chi connectivity index (χ3v) is 8.97. The van der Waals surface area contributed by atoms with Gasteiger partial charge in [-0.15, -0.1) is 0 Å². The second-order valence-corrected chi connectivity index (χ2v) is 9.50. The van der Waals surface area contributed by atoms with Gasteiger partial charge in [0.25, 0.3) is 11.8 Å². The number of rotatable bonds is 2. The number of benzene rings is 1. The maximum Gasteiger partial charge on any atom is 0.264 e. The second kappa shape index (κ2) is 5.54. The zero-order valence-electron chi connectivity index (χ0n) is 13.4. The average Bonchev–Trinajstić information content (AvgIpc) is 2.77. The molecule has 1 aromatic rings. The minimum absolute atomic E-state index is 0.0271. The van der Waals surface area contributed by atoms with E-state index in [2.05, 4.69) is 0 Å². The molecule has 0 aliphatic carbocycles. The maximum atomic E-state index is 14.1. The summed E-state index contributed by atoms with van der Waals surface area (Å²) in [6.07, 6.45) is 0.125. The maximum absolute atomic E-state index is 14.1. The van der Waals surface area contributed by atoms with Crippen molar-refractivity contribution in [2.45, 2.75) is 18.0 Å². The molecule has 3 aliphatic heterocycles. The number of sulfonamides is 1. The molecule has 2 atom stereocenters. The van der Waals surface area contributed by atoms with E-state index in [4.69, 9.17) is 4.74 Å². The van der Waals surface area contributed by atoms with E-state index in [0.717, 1.165) is 11.0 Å². The summed E-state index contributed by atoms with van der Waals surface area (Å²) in [6.45, 7) is 1.98. The summed E-state index contributed by atoms with van der Waals surface area (Å²) in [4.78, 5) is 26.6. The lowest BCUT2D eigenvalue weighted by Gasteiger charge is -2.56. The van der Waals surface area contributed by atoms with Crippen LogP contribution in [0.3, 0.4) is 0 Å². The van der Waals surface area contributed by atoms with Crippen LogP contribution in [0, 0.1) is 5.82 Å². The van der Waals surface area contributed by atoms with Gasteiger partial charge in [-0.3, -0.25) is 14.5 Å². The van der Waals surface area contributed by atoms with Crippen LogP contribution in [0.4, 0.5) is 4.39 Å². The van der Waals surface area contributed by atoms with E-state index in [9.17, 15) is 22.4 Å². The van der Waals surface area contributed by atoms with Crippen LogP contribution in [0.15, 0.2) is 18.2 Å². The van der Waals surface area contributed by atoms with Crippen LogP contribution in [0.25, 0.3) is 0 Å². The molecule has 0 aromatic heterocycles. The van der Waals surface area contributed by atoms with Crippen molar-refractivity contribution >= 4 is 30.6 Å². The van der Waals surface area contributed by atoms with Gasteiger partial charge < -0.3 is 4.74 Å². The van der Waals surface area contributed by atoms with E-state index in [1.807, 2.05) is 0 Å². The average molecular weight is 386 g/mol. The monoisotopic (exact) mass is 386 g/mol. The van der Waals surface area contributed by atoms with Gasteiger partial charge in [0.1, 0.15) is 11.4 Å². The van der Waals surface area contributed by atoms with Crippen LogP contribution in [0.2, 0.25) is 0 Å². The number of hydrogen-bond acceptors (Lipinski definition) is 5. The SMILES string of the molecule is CPN1C2(COC2)C(N2C(=O)c3cccc(F)c3C2=O)CCS1(=O)=O. The molecule has 134 valence electrons. The van der Waals surface area contributed by atoms with Crippen LogP contribution in [0.1, 0.15) is 27.1 Å². The summed E-state index contributed by atoms with van der Waals surface area (Å²) >= 11 is 0. The highest BCUT2D eigenvalue weighted by Gasteiger charge is 2.61. The molecule has 0 radical (unpaired) electrons. The fourth-order valence-corrected chi connectivity index (χ4v) is 7.52. The highest BCUT2D eigenvalue weighted by atomic mass is 32.2.